The molecule has 2 amide bonds. The molecule has 0 aliphatic carbocycles. The number of carbonyl (C=O) groups excluding carboxylic acids is 2. The summed E-state index contributed by atoms with van der Waals surface area (Å²) in [5, 5.41) is 51.8. The molecule has 1 aromatic carbocycles. The number of aliphatic hydroxyl groups excluding tert-OH is 5. The zero-order valence-corrected chi connectivity index (χ0v) is 22.5. The van der Waals surface area contributed by atoms with E-state index in [0.717, 1.165) is 0 Å². The third-order valence-electron chi connectivity index (χ3n) is 7.80. The van der Waals surface area contributed by atoms with Gasteiger partial charge in [-0.05, 0) is 37.7 Å². The first-order valence-corrected chi connectivity index (χ1v) is 15.5. The van der Waals surface area contributed by atoms with E-state index >= 15 is 4.11 Å². The van der Waals surface area contributed by atoms with Crippen LogP contribution in [0.5, 0.6) is 0 Å². The zero-order chi connectivity index (χ0) is 28.2. The number of rotatable bonds is 7. The van der Waals surface area contributed by atoms with Crippen LogP contribution in [0.2, 0.25) is 18.6 Å². The number of hydrogen-bond acceptors (Lipinski definition) is 9. The average Bonchev–Trinajstić information content (AvgIpc) is 3.27. The van der Waals surface area contributed by atoms with E-state index in [0.29, 0.717) is 11.3 Å². The van der Waals surface area contributed by atoms with Gasteiger partial charge in [-0.1, -0.05) is 13.0 Å². The summed E-state index contributed by atoms with van der Waals surface area (Å²) >= 11 is 0. The quantitative estimate of drug-likeness (QED) is 0.156. The van der Waals surface area contributed by atoms with Crippen molar-refractivity contribution in [1.29, 1.82) is 0 Å². The van der Waals surface area contributed by atoms with Gasteiger partial charge in [-0.25, -0.2) is 0 Å². The molecule has 6 N–H and O–H groups in total. The molecule has 9 atom stereocenters. The number of halogens is 1. The molecule has 38 heavy (non-hydrogen) atoms. The van der Waals surface area contributed by atoms with Gasteiger partial charge in [0, 0.05) is 35.9 Å². The van der Waals surface area contributed by atoms with Gasteiger partial charge in [0.2, 0.25) is 8.41 Å². The highest BCUT2D eigenvalue weighted by Crippen LogP contribution is 2.60. The van der Waals surface area contributed by atoms with E-state index in [1.807, 2.05) is 0 Å². The van der Waals surface area contributed by atoms with Crippen molar-refractivity contribution in [3.05, 3.63) is 36.4 Å². The van der Waals surface area contributed by atoms with Crippen LogP contribution in [0.25, 0.3) is 0 Å². The van der Waals surface area contributed by atoms with Crippen LogP contribution >= 0.6 is 0 Å². The molecule has 0 saturated carbocycles. The minimum Gasteiger partial charge on any atom is -0.396 e. The second-order valence-corrected chi connectivity index (χ2v) is 14.4. The van der Waals surface area contributed by atoms with Gasteiger partial charge >= 0.3 is 0 Å². The molecule has 210 valence electrons. The van der Waals surface area contributed by atoms with E-state index in [-0.39, 0.29) is 25.3 Å². The molecule has 11 nitrogen and oxygen atoms in total. The molecule has 0 unspecified atom stereocenters. The Morgan fingerprint density at radius 3 is 2.53 bits per heavy atom. The molecule has 1 spiro atoms. The normalized spacial score (nSPS) is 37.0. The van der Waals surface area contributed by atoms with E-state index in [1.54, 1.807) is 32.2 Å². The summed E-state index contributed by atoms with van der Waals surface area (Å²) in [6, 6.07) is 4.66. The van der Waals surface area contributed by atoms with Gasteiger partial charge in [0.1, 0.15) is 18.3 Å². The maximum absolute atomic E-state index is 15.6. The van der Waals surface area contributed by atoms with Crippen molar-refractivity contribution < 1.29 is 48.7 Å². The Labute approximate surface area is 220 Å². The lowest BCUT2D eigenvalue weighted by molar-refractivity contribution is -0.274. The van der Waals surface area contributed by atoms with Crippen LogP contribution in [0.4, 0.5) is 15.5 Å². The van der Waals surface area contributed by atoms with Crippen LogP contribution in [0.1, 0.15) is 18.9 Å². The van der Waals surface area contributed by atoms with Gasteiger partial charge in [-0.15, -0.1) is 6.58 Å². The van der Waals surface area contributed by atoms with Crippen LogP contribution in [0, 0.1) is 5.92 Å². The lowest BCUT2D eigenvalue weighted by atomic mass is 9.82. The summed E-state index contributed by atoms with van der Waals surface area (Å²) in [5.74, 6) is -1.89. The van der Waals surface area contributed by atoms with Crippen molar-refractivity contribution in [1.82, 2.24) is 0 Å². The highest BCUT2D eigenvalue weighted by atomic mass is 28.4. The Bertz CT molecular complexity index is 1100. The van der Waals surface area contributed by atoms with Crippen LogP contribution in [0.3, 0.4) is 0 Å². The first-order valence-electron chi connectivity index (χ1n) is 12.5. The standard InChI is InChI=1S/C25H35FN2O9Si/c1-5-9-28-15-7-6-13(27-22(33)20-18(31)17(30)19(32)23(34)36-20)11-14(15)25(24(28)35)12(2)21(38(3,4)26)16(37-25)8-10-29/h5-7,11-12,16-21,23,29-32,34H,1,8-10H2,2-4H3,(H,27,33)/t12-,16+,17-,18-,19+,20-,21-,23+,25+/m0/s1. The Hall–Kier alpha value is -2.23. The maximum Gasteiger partial charge on any atom is 0.264 e. The first-order chi connectivity index (χ1) is 17.8. The number of ether oxygens (including phenoxy) is 2. The highest BCUT2D eigenvalue weighted by Gasteiger charge is 2.66. The summed E-state index contributed by atoms with van der Waals surface area (Å²) in [6.07, 6.45) is -7.98. The topological polar surface area (TPSA) is 169 Å². The molecule has 13 heteroatoms. The number of carbonyl (C=O) groups is 2. The summed E-state index contributed by atoms with van der Waals surface area (Å²) in [4.78, 5) is 28.3. The molecule has 0 radical (unpaired) electrons. The number of anilines is 2. The number of nitrogens with one attached hydrogen (secondary N) is 1. The summed E-state index contributed by atoms with van der Waals surface area (Å²) in [7, 11) is -3.37. The van der Waals surface area contributed by atoms with Gasteiger partial charge in [-0.2, -0.15) is 0 Å². The Balaban J connectivity index is 1.73. The molecule has 2 saturated heterocycles. The minimum atomic E-state index is -3.37. The fraction of sp³-hybridized carbons (Fsp3) is 0.600. The third kappa shape index (κ3) is 4.50. The second-order valence-electron chi connectivity index (χ2n) is 10.6. The largest absolute Gasteiger partial charge is 0.396 e. The lowest BCUT2D eigenvalue weighted by Crippen LogP contribution is -2.60. The van der Waals surface area contributed by atoms with Crippen molar-refractivity contribution in [2.24, 2.45) is 5.92 Å². The van der Waals surface area contributed by atoms with E-state index in [9.17, 15) is 35.1 Å². The smallest absolute Gasteiger partial charge is 0.264 e. The van der Waals surface area contributed by atoms with Crippen LogP contribution in [-0.2, 0) is 24.7 Å². The Morgan fingerprint density at radius 2 is 1.92 bits per heavy atom. The average molecular weight is 555 g/mol. The fourth-order valence-electron chi connectivity index (χ4n) is 6.12. The fourth-order valence-corrected chi connectivity index (χ4v) is 8.67. The first kappa shape index (κ1) is 28.8. The van der Waals surface area contributed by atoms with Crippen LogP contribution < -0.4 is 10.2 Å². The molecular weight excluding hydrogens is 519 g/mol. The minimum absolute atomic E-state index is 0.158. The number of aliphatic hydroxyl groups is 5. The molecular formula is C25H35FN2O9Si. The highest BCUT2D eigenvalue weighted by molar-refractivity contribution is 6.72. The Kier molecular flexibility index (Phi) is 7.87. The van der Waals surface area contributed by atoms with E-state index < -0.39 is 74.1 Å². The van der Waals surface area contributed by atoms with Gasteiger partial charge in [-0.3, -0.25) is 9.59 Å². The number of nitrogens with zero attached hydrogens (tertiary/aromatic N) is 1. The van der Waals surface area contributed by atoms with Crippen molar-refractivity contribution in [3.8, 4) is 0 Å². The predicted octanol–water partition coefficient (Wildman–Crippen LogP) is 0.115. The lowest BCUT2D eigenvalue weighted by Gasteiger charge is -2.37. The molecule has 2 fully saturated rings. The van der Waals surface area contributed by atoms with Crippen molar-refractivity contribution in [3.63, 3.8) is 0 Å². The SMILES string of the molecule is C=CCN1C(=O)[C@]2(O[C@H](CCO)[C@@H]([Si](C)(C)F)[C@@H]2C)c2cc(NC(=O)[C@H]3O[C@@H](O)[C@H](O)[C@@H](O)[C@@H]3O)ccc21. The zero-order valence-electron chi connectivity index (χ0n) is 21.5. The van der Waals surface area contributed by atoms with Crippen LogP contribution in [-0.4, -0.2) is 95.7 Å². The van der Waals surface area contributed by atoms with Gasteiger partial charge in [0.15, 0.2) is 18.0 Å². The molecule has 1 aromatic rings. The summed E-state index contributed by atoms with van der Waals surface area (Å²) in [5.41, 5.74) is -1.03. The summed E-state index contributed by atoms with van der Waals surface area (Å²) in [6.45, 7) is 8.52. The van der Waals surface area contributed by atoms with E-state index in [2.05, 4.69) is 11.9 Å². The van der Waals surface area contributed by atoms with E-state index in [1.165, 1.54) is 17.0 Å². The number of amides is 2. The van der Waals surface area contributed by atoms with Crippen molar-refractivity contribution >= 4 is 31.6 Å². The Morgan fingerprint density at radius 1 is 1.24 bits per heavy atom. The number of hydrogen-bond donors (Lipinski definition) is 6. The molecule has 0 aromatic heterocycles. The number of benzene rings is 1. The molecule has 3 aliphatic heterocycles. The third-order valence-corrected chi connectivity index (χ3v) is 10.3. The number of fused-ring (bicyclic) bond motifs is 2. The van der Waals surface area contributed by atoms with Crippen molar-refractivity contribution in [2.45, 2.75) is 74.4 Å². The monoisotopic (exact) mass is 554 g/mol. The van der Waals surface area contributed by atoms with Gasteiger partial charge in [0.05, 0.1) is 11.8 Å². The molecule has 3 heterocycles. The van der Waals surface area contributed by atoms with Gasteiger partial charge in [0.25, 0.3) is 11.8 Å². The van der Waals surface area contributed by atoms with Crippen molar-refractivity contribution in [2.75, 3.05) is 23.4 Å². The van der Waals surface area contributed by atoms with Gasteiger partial charge < -0.3 is 49.3 Å². The molecule has 3 aliphatic rings. The van der Waals surface area contributed by atoms with E-state index in [4.69, 9.17) is 9.47 Å². The maximum atomic E-state index is 15.6. The summed E-state index contributed by atoms with van der Waals surface area (Å²) < 4.78 is 27.0. The molecule has 4 rings (SSSR count). The second kappa shape index (κ2) is 10.4. The van der Waals surface area contributed by atoms with Crippen LogP contribution in [0.15, 0.2) is 30.9 Å². The predicted molar refractivity (Wildman–Crippen MR) is 136 cm³/mol. The molecule has 0 bridgehead atoms.